The van der Waals surface area contributed by atoms with E-state index < -0.39 is 0 Å². The molecule has 1 N–H and O–H groups in total. The van der Waals surface area contributed by atoms with Crippen molar-refractivity contribution in [3.8, 4) is 6.07 Å². The Morgan fingerprint density at radius 1 is 1.37 bits per heavy atom. The number of amides is 1. The third-order valence-electron chi connectivity index (χ3n) is 3.99. The molecule has 3 nitrogen and oxygen atoms in total. The molecule has 1 aliphatic carbocycles. The molecule has 0 heterocycles. The van der Waals surface area contributed by atoms with Gasteiger partial charge in [-0.15, -0.1) is 0 Å². The van der Waals surface area contributed by atoms with Gasteiger partial charge in [0.1, 0.15) is 0 Å². The summed E-state index contributed by atoms with van der Waals surface area (Å²) in [7, 11) is 0. The van der Waals surface area contributed by atoms with E-state index in [1.807, 2.05) is 0 Å². The summed E-state index contributed by atoms with van der Waals surface area (Å²) in [6, 6.07) is 8.90. The molecular formula is C16H20N2O. The van der Waals surface area contributed by atoms with Gasteiger partial charge in [0, 0.05) is 12.1 Å². The maximum absolute atomic E-state index is 12.1. The average molecular weight is 256 g/mol. The number of nitrogens with zero attached hydrogens (tertiary/aromatic N) is 1. The van der Waals surface area contributed by atoms with E-state index in [2.05, 4.69) is 18.3 Å². The highest BCUT2D eigenvalue weighted by Gasteiger charge is 2.27. The Hall–Kier alpha value is -1.82. The van der Waals surface area contributed by atoms with Gasteiger partial charge in [0.15, 0.2) is 0 Å². The average Bonchev–Trinajstić information content (AvgIpc) is 2.46. The second kappa shape index (κ2) is 5.88. The first-order chi connectivity index (χ1) is 9.13. The highest BCUT2D eigenvalue weighted by molar-refractivity contribution is 5.94. The molecule has 0 radical (unpaired) electrons. The molecule has 1 aliphatic rings. The van der Waals surface area contributed by atoms with Crippen LogP contribution in [0.25, 0.3) is 0 Å². The summed E-state index contributed by atoms with van der Waals surface area (Å²) in [5.74, 6) is -0.0797. The van der Waals surface area contributed by atoms with Crippen LogP contribution in [-0.2, 0) is 0 Å². The van der Waals surface area contributed by atoms with Crippen LogP contribution in [0.15, 0.2) is 24.3 Å². The zero-order valence-corrected chi connectivity index (χ0v) is 11.4. The van der Waals surface area contributed by atoms with Gasteiger partial charge in [0.25, 0.3) is 5.91 Å². The van der Waals surface area contributed by atoms with Crippen LogP contribution in [-0.4, -0.2) is 12.5 Å². The maximum Gasteiger partial charge on any atom is 0.251 e. The van der Waals surface area contributed by atoms with E-state index >= 15 is 0 Å². The zero-order chi connectivity index (χ0) is 13.7. The number of nitrogens with one attached hydrogen (secondary N) is 1. The summed E-state index contributed by atoms with van der Waals surface area (Å²) in [4.78, 5) is 12.1. The number of carbonyl (C=O) groups is 1. The molecule has 0 unspecified atom stereocenters. The van der Waals surface area contributed by atoms with Gasteiger partial charge in [-0.05, 0) is 36.5 Å². The lowest BCUT2D eigenvalue weighted by atomic mass is 9.76. The molecule has 100 valence electrons. The molecule has 0 atom stereocenters. The van der Waals surface area contributed by atoms with Crippen LogP contribution in [0.5, 0.6) is 0 Å². The van der Waals surface area contributed by atoms with Gasteiger partial charge < -0.3 is 5.32 Å². The Kier molecular flexibility index (Phi) is 4.21. The highest BCUT2D eigenvalue weighted by atomic mass is 16.1. The summed E-state index contributed by atoms with van der Waals surface area (Å²) >= 11 is 0. The van der Waals surface area contributed by atoms with Crippen molar-refractivity contribution in [1.29, 1.82) is 5.26 Å². The molecule has 0 aliphatic heterocycles. The monoisotopic (exact) mass is 256 g/mol. The normalized spacial score (nSPS) is 17.5. The lowest BCUT2D eigenvalue weighted by Gasteiger charge is -2.33. The van der Waals surface area contributed by atoms with Crippen molar-refractivity contribution in [2.75, 3.05) is 6.54 Å². The van der Waals surface area contributed by atoms with E-state index in [0.29, 0.717) is 11.1 Å². The number of carbonyl (C=O) groups excluding carboxylic acids is 1. The topological polar surface area (TPSA) is 52.9 Å². The van der Waals surface area contributed by atoms with Crippen molar-refractivity contribution in [2.45, 2.75) is 39.0 Å². The first-order valence-electron chi connectivity index (χ1n) is 6.91. The molecule has 1 amide bonds. The van der Waals surface area contributed by atoms with Crippen molar-refractivity contribution in [1.82, 2.24) is 5.32 Å². The zero-order valence-electron chi connectivity index (χ0n) is 11.4. The van der Waals surface area contributed by atoms with E-state index in [1.54, 1.807) is 24.3 Å². The lowest BCUT2D eigenvalue weighted by molar-refractivity contribution is 0.0919. The minimum absolute atomic E-state index is 0.0797. The number of benzene rings is 1. The van der Waals surface area contributed by atoms with Gasteiger partial charge >= 0.3 is 0 Å². The minimum Gasteiger partial charge on any atom is -0.351 e. The first-order valence-corrected chi connectivity index (χ1v) is 6.91. The summed E-state index contributed by atoms with van der Waals surface area (Å²) < 4.78 is 0. The number of hydrogen-bond acceptors (Lipinski definition) is 2. The fraction of sp³-hybridized carbons (Fsp3) is 0.500. The predicted molar refractivity (Wildman–Crippen MR) is 74.7 cm³/mol. The van der Waals surface area contributed by atoms with Gasteiger partial charge in [-0.1, -0.05) is 32.3 Å². The van der Waals surface area contributed by atoms with Crippen molar-refractivity contribution in [3.05, 3.63) is 35.4 Å². The van der Waals surface area contributed by atoms with Gasteiger partial charge in [0.2, 0.25) is 0 Å². The smallest absolute Gasteiger partial charge is 0.251 e. The van der Waals surface area contributed by atoms with Crippen LogP contribution in [0.1, 0.15) is 54.9 Å². The molecular weight excluding hydrogens is 236 g/mol. The highest BCUT2D eigenvalue weighted by Crippen LogP contribution is 2.34. The Balaban J connectivity index is 1.95. The van der Waals surface area contributed by atoms with Crippen LogP contribution in [0, 0.1) is 16.7 Å². The van der Waals surface area contributed by atoms with E-state index in [1.165, 1.54) is 32.1 Å². The van der Waals surface area contributed by atoms with Gasteiger partial charge in [-0.3, -0.25) is 4.79 Å². The van der Waals surface area contributed by atoms with Crippen LogP contribution in [0.2, 0.25) is 0 Å². The minimum atomic E-state index is -0.0797. The molecule has 0 spiro atoms. The van der Waals surface area contributed by atoms with Crippen LogP contribution in [0.3, 0.4) is 0 Å². The predicted octanol–water partition coefficient (Wildman–Crippen LogP) is 3.26. The Morgan fingerprint density at radius 3 is 2.79 bits per heavy atom. The maximum atomic E-state index is 12.1. The van der Waals surface area contributed by atoms with Gasteiger partial charge in [-0.25, -0.2) is 0 Å². The Bertz CT molecular complexity index is 496. The molecule has 3 heteroatoms. The van der Waals surface area contributed by atoms with Crippen molar-refractivity contribution < 1.29 is 4.79 Å². The lowest BCUT2D eigenvalue weighted by Crippen LogP contribution is -2.37. The summed E-state index contributed by atoms with van der Waals surface area (Å²) in [6.45, 7) is 2.97. The molecule has 0 aromatic heterocycles. The molecule has 0 bridgehead atoms. The van der Waals surface area contributed by atoms with Crippen LogP contribution >= 0.6 is 0 Å². The van der Waals surface area contributed by atoms with Crippen LogP contribution < -0.4 is 5.32 Å². The largest absolute Gasteiger partial charge is 0.351 e. The molecule has 19 heavy (non-hydrogen) atoms. The van der Waals surface area contributed by atoms with Gasteiger partial charge in [-0.2, -0.15) is 5.26 Å². The van der Waals surface area contributed by atoms with Gasteiger partial charge in [0.05, 0.1) is 11.6 Å². The quantitative estimate of drug-likeness (QED) is 0.902. The summed E-state index contributed by atoms with van der Waals surface area (Å²) in [5.41, 5.74) is 1.33. The second-order valence-electron chi connectivity index (χ2n) is 5.75. The van der Waals surface area contributed by atoms with Crippen LogP contribution in [0.4, 0.5) is 0 Å². The Labute approximate surface area is 114 Å². The van der Waals surface area contributed by atoms with E-state index in [4.69, 9.17) is 5.26 Å². The third-order valence-corrected chi connectivity index (χ3v) is 3.99. The van der Waals surface area contributed by atoms with Crippen molar-refractivity contribution >= 4 is 5.91 Å². The number of rotatable bonds is 3. The second-order valence-corrected chi connectivity index (χ2v) is 5.75. The van der Waals surface area contributed by atoms with E-state index in [-0.39, 0.29) is 11.3 Å². The van der Waals surface area contributed by atoms with Crippen molar-refractivity contribution in [2.24, 2.45) is 5.41 Å². The fourth-order valence-electron chi connectivity index (χ4n) is 2.71. The molecule has 1 aromatic carbocycles. The molecule has 1 saturated carbocycles. The standard InChI is InChI=1S/C16H20N2O/c1-16(8-3-2-4-9-16)12-18-15(19)14-7-5-6-13(10-14)11-17/h5-7,10H,2-4,8-9,12H2,1H3,(H,18,19). The summed E-state index contributed by atoms with van der Waals surface area (Å²) in [5, 5.41) is 11.8. The summed E-state index contributed by atoms with van der Waals surface area (Å²) in [6.07, 6.45) is 6.21. The van der Waals surface area contributed by atoms with Crippen molar-refractivity contribution in [3.63, 3.8) is 0 Å². The number of nitriles is 1. The molecule has 1 aromatic rings. The number of hydrogen-bond donors (Lipinski definition) is 1. The SMILES string of the molecule is CC1(CNC(=O)c2cccc(C#N)c2)CCCCC1. The third kappa shape index (κ3) is 3.57. The molecule has 1 fully saturated rings. The molecule has 2 rings (SSSR count). The fourth-order valence-corrected chi connectivity index (χ4v) is 2.71. The van der Waals surface area contributed by atoms with E-state index in [9.17, 15) is 4.79 Å². The molecule has 0 saturated heterocycles. The first kappa shape index (κ1) is 13.6. The Morgan fingerprint density at radius 2 is 2.11 bits per heavy atom. The van der Waals surface area contributed by atoms with E-state index in [0.717, 1.165) is 6.54 Å².